The lowest BCUT2D eigenvalue weighted by molar-refractivity contribution is 0.478. The lowest BCUT2D eigenvalue weighted by Gasteiger charge is -2.07. The molecule has 1 N–H and O–H groups in total. The van der Waals surface area contributed by atoms with Crippen LogP contribution in [0.15, 0.2) is 27.4 Å². The fraction of sp³-hybridized carbons (Fsp3) is 0.250. The van der Waals surface area contributed by atoms with Gasteiger partial charge in [0, 0.05) is 0 Å². The zero-order chi connectivity index (χ0) is 11.7. The maximum atomic E-state index is 11.5. The van der Waals surface area contributed by atoms with Crippen molar-refractivity contribution in [2.45, 2.75) is 19.8 Å². The summed E-state index contributed by atoms with van der Waals surface area (Å²) in [7, 11) is 0. The van der Waals surface area contributed by atoms with Crippen LogP contribution in [0.3, 0.4) is 0 Å². The predicted molar refractivity (Wildman–Crippen MR) is 63.2 cm³/mol. The Morgan fingerprint density at radius 3 is 2.88 bits per heavy atom. The maximum Gasteiger partial charge on any atom is 0.355 e. The Bertz CT molecular complexity index is 587. The summed E-state index contributed by atoms with van der Waals surface area (Å²) in [6, 6.07) is 4.83. The summed E-state index contributed by atoms with van der Waals surface area (Å²) < 4.78 is 5.01. The van der Waals surface area contributed by atoms with Crippen LogP contribution >= 0.6 is 11.6 Å². The summed E-state index contributed by atoms with van der Waals surface area (Å²) in [6.45, 7) is 1.98. The van der Waals surface area contributed by atoms with Crippen molar-refractivity contribution in [2.24, 2.45) is 0 Å². The van der Waals surface area contributed by atoms with Gasteiger partial charge in [-0.05, 0) is 24.1 Å². The van der Waals surface area contributed by atoms with Crippen LogP contribution < -0.4 is 5.63 Å². The van der Waals surface area contributed by atoms with Crippen molar-refractivity contribution in [3.63, 3.8) is 0 Å². The van der Waals surface area contributed by atoms with E-state index in [0.29, 0.717) is 23.0 Å². The van der Waals surface area contributed by atoms with Gasteiger partial charge in [-0.25, -0.2) is 4.79 Å². The molecule has 0 atom stereocenters. The van der Waals surface area contributed by atoms with Crippen LogP contribution in [0.5, 0.6) is 5.75 Å². The minimum atomic E-state index is -0.553. The van der Waals surface area contributed by atoms with Gasteiger partial charge < -0.3 is 9.52 Å². The highest BCUT2D eigenvalue weighted by Gasteiger charge is 2.14. The second-order valence-corrected chi connectivity index (χ2v) is 3.96. The van der Waals surface area contributed by atoms with Gasteiger partial charge in [0.2, 0.25) is 0 Å². The average molecular weight is 239 g/mol. The number of hydrogen-bond donors (Lipinski definition) is 1. The van der Waals surface area contributed by atoms with E-state index in [-0.39, 0.29) is 10.8 Å². The van der Waals surface area contributed by atoms with Crippen molar-refractivity contribution in [2.75, 3.05) is 0 Å². The number of benzene rings is 1. The van der Waals surface area contributed by atoms with Crippen LogP contribution in [0, 0.1) is 0 Å². The first-order valence-corrected chi connectivity index (χ1v) is 5.46. The van der Waals surface area contributed by atoms with E-state index >= 15 is 0 Å². The molecule has 0 saturated carbocycles. The van der Waals surface area contributed by atoms with E-state index in [9.17, 15) is 9.90 Å². The largest absolute Gasteiger partial charge is 0.507 e. The highest BCUT2D eigenvalue weighted by Crippen LogP contribution is 2.31. The Hall–Kier alpha value is -1.48. The zero-order valence-corrected chi connectivity index (χ0v) is 9.54. The topological polar surface area (TPSA) is 50.4 Å². The van der Waals surface area contributed by atoms with E-state index in [2.05, 4.69) is 0 Å². The number of aromatic hydroxyl groups is 1. The van der Waals surface area contributed by atoms with Gasteiger partial charge in [-0.2, -0.15) is 0 Å². The van der Waals surface area contributed by atoms with Crippen LogP contribution in [-0.4, -0.2) is 5.11 Å². The number of aryl methyl sites for hydroxylation is 1. The summed E-state index contributed by atoms with van der Waals surface area (Å²) in [5, 5.41) is 10.4. The normalized spacial score (nSPS) is 10.9. The number of phenols is 1. The molecule has 0 bridgehead atoms. The molecule has 0 aliphatic carbocycles. The van der Waals surface area contributed by atoms with Crippen LogP contribution in [0.25, 0.3) is 11.0 Å². The summed E-state index contributed by atoms with van der Waals surface area (Å²) >= 11 is 5.91. The number of phenolic OH excluding ortho intramolecular Hbond substituents is 1. The molecule has 0 radical (unpaired) electrons. The number of hydrogen-bond acceptors (Lipinski definition) is 3. The molecule has 84 valence electrons. The molecule has 2 rings (SSSR count). The lowest BCUT2D eigenvalue weighted by Crippen LogP contribution is -2.04. The van der Waals surface area contributed by atoms with Crippen LogP contribution in [-0.2, 0) is 6.42 Å². The highest BCUT2D eigenvalue weighted by atomic mass is 35.5. The summed E-state index contributed by atoms with van der Waals surface area (Å²) in [4.78, 5) is 11.5. The van der Waals surface area contributed by atoms with Crippen molar-refractivity contribution < 1.29 is 9.52 Å². The van der Waals surface area contributed by atoms with Gasteiger partial charge in [0.1, 0.15) is 16.4 Å². The smallest absolute Gasteiger partial charge is 0.355 e. The third-order valence-electron chi connectivity index (χ3n) is 2.45. The summed E-state index contributed by atoms with van der Waals surface area (Å²) in [5.74, 6) is 0.0894. The molecular weight excluding hydrogens is 228 g/mol. The van der Waals surface area contributed by atoms with Crippen LogP contribution in [0.2, 0.25) is 5.02 Å². The van der Waals surface area contributed by atoms with Crippen molar-refractivity contribution in [1.29, 1.82) is 0 Å². The van der Waals surface area contributed by atoms with Crippen molar-refractivity contribution in [1.82, 2.24) is 0 Å². The predicted octanol–water partition coefficient (Wildman–Crippen LogP) is 3.10. The van der Waals surface area contributed by atoms with Crippen LogP contribution in [0.4, 0.5) is 0 Å². The van der Waals surface area contributed by atoms with E-state index in [1.807, 2.05) is 6.92 Å². The van der Waals surface area contributed by atoms with E-state index in [4.69, 9.17) is 16.0 Å². The first-order chi connectivity index (χ1) is 7.65. The molecule has 0 aliphatic rings. The Balaban J connectivity index is 2.91. The Morgan fingerprint density at radius 2 is 2.19 bits per heavy atom. The fourth-order valence-corrected chi connectivity index (χ4v) is 2.00. The molecule has 0 amide bonds. The van der Waals surface area contributed by atoms with Gasteiger partial charge in [-0.1, -0.05) is 31.0 Å². The molecule has 2 aromatic rings. The first-order valence-electron chi connectivity index (χ1n) is 5.08. The molecule has 0 fully saturated rings. The first kappa shape index (κ1) is 11.0. The molecule has 16 heavy (non-hydrogen) atoms. The van der Waals surface area contributed by atoms with E-state index in [1.165, 1.54) is 0 Å². The molecule has 0 aliphatic heterocycles. The Morgan fingerprint density at radius 1 is 1.44 bits per heavy atom. The lowest BCUT2D eigenvalue weighted by atomic mass is 10.1. The van der Waals surface area contributed by atoms with Crippen molar-refractivity contribution in [3.05, 3.63) is 39.2 Å². The molecular formula is C12H11ClO3. The van der Waals surface area contributed by atoms with Gasteiger partial charge in [0.25, 0.3) is 0 Å². The van der Waals surface area contributed by atoms with Crippen LogP contribution in [0.1, 0.15) is 18.9 Å². The minimum absolute atomic E-state index is 0.0656. The minimum Gasteiger partial charge on any atom is -0.507 e. The summed E-state index contributed by atoms with van der Waals surface area (Å²) in [6.07, 6.45) is 1.48. The molecule has 1 heterocycles. The molecule has 1 aromatic carbocycles. The third kappa shape index (κ3) is 1.67. The van der Waals surface area contributed by atoms with Crippen molar-refractivity contribution in [3.8, 4) is 5.75 Å². The van der Waals surface area contributed by atoms with Gasteiger partial charge in [-0.15, -0.1) is 0 Å². The highest BCUT2D eigenvalue weighted by molar-refractivity contribution is 6.32. The number of rotatable bonds is 2. The second-order valence-electron chi connectivity index (χ2n) is 3.58. The molecule has 0 saturated heterocycles. The molecule has 1 aromatic heterocycles. The summed E-state index contributed by atoms with van der Waals surface area (Å²) in [5.41, 5.74) is 0.481. The van der Waals surface area contributed by atoms with E-state index < -0.39 is 5.63 Å². The second kappa shape index (κ2) is 4.18. The van der Waals surface area contributed by atoms with Gasteiger partial charge in [0.15, 0.2) is 0 Å². The zero-order valence-electron chi connectivity index (χ0n) is 8.79. The van der Waals surface area contributed by atoms with Gasteiger partial charge >= 0.3 is 5.63 Å². The fourth-order valence-electron chi connectivity index (χ4n) is 1.77. The average Bonchev–Trinajstić information content (AvgIpc) is 2.25. The number of fused-ring (bicyclic) bond motifs is 1. The quantitative estimate of drug-likeness (QED) is 0.818. The maximum absolute atomic E-state index is 11.5. The van der Waals surface area contributed by atoms with Gasteiger partial charge in [-0.3, -0.25) is 0 Å². The number of halogens is 1. The molecule has 4 heteroatoms. The molecule has 0 spiro atoms. The molecule has 0 unspecified atom stereocenters. The molecule has 3 nitrogen and oxygen atoms in total. The Labute approximate surface area is 97.3 Å². The van der Waals surface area contributed by atoms with E-state index in [0.717, 1.165) is 6.42 Å². The van der Waals surface area contributed by atoms with Crippen molar-refractivity contribution >= 4 is 22.6 Å². The standard InChI is InChI=1S/C12H11ClO3/c1-2-4-7-10-8(14)5-3-6-9(10)16-12(15)11(7)13/h3,5-6,14H,2,4H2,1H3. The third-order valence-corrected chi connectivity index (χ3v) is 2.84. The Kier molecular flexibility index (Phi) is 2.88. The van der Waals surface area contributed by atoms with E-state index in [1.54, 1.807) is 18.2 Å². The SMILES string of the molecule is CCCc1c(Cl)c(=O)oc2cccc(O)c12. The monoisotopic (exact) mass is 238 g/mol. The van der Waals surface area contributed by atoms with Gasteiger partial charge in [0.05, 0.1) is 5.39 Å².